The number of aliphatic hydroxyl groups excluding tert-OH is 1. The van der Waals surface area contributed by atoms with Crippen LogP contribution in [0.2, 0.25) is 0 Å². The van der Waals surface area contributed by atoms with Crippen molar-refractivity contribution < 1.29 is 28.3 Å². The van der Waals surface area contributed by atoms with E-state index < -0.39 is 32.4 Å². The summed E-state index contributed by atoms with van der Waals surface area (Å²) in [5.41, 5.74) is 6.46. The minimum atomic E-state index is -4.16. The van der Waals surface area contributed by atoms with E-state index in [1.54, 1.807) is 0 Å². The van der Waals surface area contributed by atoms with Crippen molar-refractivity contribution >= 4 is 24.8 Å². The number of phosphoric acid groups is 1. The smallest absolute Gasteiger partial charge is 0.386 e. The molecule has 0 amide bonds. The Morgan fingerprint density at radius 3 is 3.05 bits per heavy atom. The molecule has 4 heterocycles. The topological polar surface area (TPSA) is 155 Å². The Labute approximate surface area is 123 Å². The molecule has 2 aliphatic heterocycles. The number of fused-ring (bicyclic) bond motifs is 2. The van der Waals surface area contributed by atoms with Crippen molar-refractivity contribution in [2.75, 3.05) is 12.3 Å². The van der Waals surface area contributed by atoms with Gasteiger partial charge in [-0.15, -0.1) is 0 Å². The van der Waals surface area contributed by atoms with Gasteiger partial charge in [0.15, 0.2) is 17.7 Å². The minimum absolute atomic E-state index is 0.157. The fraction of sp³-hybridized carbons (Fsp3) is 0.500. The molecule has 0 spiro atoms. The van der Waals surface area contributed by atoms with Gasteiger partial charge in [-0.3, -0.25) is 13.6 Å². The first-order valence-corrected chi connectivity index (χ1v) is 7.88. The van der Waals surface area contributed by atoms with Gasteiger partial charge in [-0.25, -0.2) is 19.5 Å². The summed E-state index contributed by atoms with van der Waals surface area (Å²) in [6.07, 6.45) is -1.07. The van der Waals surface area contributed by atoms with Crippen LogP contribution >= 0.6 is 7.82 Å². The normalized spacial score (nSPS) is 38.3. The second kappa shape index (κ2) is 4.69. The first-order chi connectivity index (χ1) is 10.5. The number of anilines is 1. The summed E-state index contributed by atoms with van der Waals surface area (Å²) in [6.45, 7) is -0.157. The molecule has 1 unspecified atom stereocenters. The summed E-state index contributed by atoms with van der Waals surface area (Å²) in [7, 11) is -4.16. The predicted molar refractivity (Wildman–Crippen MR) is 70.3 cm³/mol. The number of phosphoric ester groups is 1. The van der Waals surface area contributed by atoms with Gasteiger partial charge in [-0.1, -0.05) is 0 Å². The summed E-state index contributed by atoms with van der Waals surface area (Å²) in [5, 5.41) is 10.4. The zero-order chi connectivity index (χ0) is 15.5. The highest BCUT2D eigenvalue weighted by atomic mass is 31.2. The Balaban J connectivity index is 1.71. The van der Waals surface area contributed by atoms with Gasteiger partial charge < -0.3 is 20.5 Å². The Morgan fingerprint density at radius 1 is 1.41 bits per heavy atom. The van der Waals surface area contributed by atoms with Crippen LogP contribution in [0.3, 0.4) is 0 Å². The number of rotatable bonds is 1. The number of nitrogens with two attached hydrogens (primary N) is 1. The highest BCUT2D eigenvalue weighted by Crippen LogP contribution is 2.52. The average Bonchev–Trinajstić information content (AvgIpc) is 3.01. The first-order valence-electron chi connectivity index (χ1n) is 6.38. The lowest BCUT2D eigenvalue weighted by Gasteiger charge is -2.27. The second-order valence-corrected chi connectivity index (χ2v) is 6.38. The monoisotopic (exact) mass is 329 g/mol. The van der Waals surface area contributed by atoms with Crippen LogP contribution < -0.4 is 5.73 Å². The molecule has 0 bridgehead atoms. The molecule has 2 fully saturated rings. The molecule has 12 heteroatoms. The van der Waals surface area contributed by atoms with E-state index in [-0.39, 0.29) is 12.4 Å². The summed E-state index contributed by atoms with van der Waals surface area (Å²) in [5.74, 6) is 0.202. The third-order valence-corrected chi connectivity index (χ3v) is 4.61. The molecule has 0 aromatic carbocycles. The van der Waals surface area contributed by atoms with E-state index in [1.165, 1.54) is 17.2 Å². The molecule has 4 N–H and O–H groups in total. The third kappa shape index (κ3) is 2.02. The van der Waals surface area contributed by atoms with Crippen LogP contribution in [0.25, 0.3) is 11.2 Å². The van der Waals surface area contributed by atoms with Crippen molar-refractivity contribution in [3.8, 4) is 0 Å². The number of ether oxygens (including phenoxy) is 1. The zero-order valence-corrected chi connectivity index (χ0v) is 11.9. The van der Waals surface area contributed by atoms with Gasteiger partial charge in [0, 0.05) is 0 Å². The van der Waals surface area contributed by atoms with Crippen molar-refractivity contribution in [3.05, 3.63) is 12.7 Å². The van der Waals surface area contributed by atoms with Crippen LogP contribution in [0.5, 0.6) is 0 Å². The number of aliphatic hydroxyl groups is 1. The number of hydrogen-bond donors (Lipinski definition) is 3. The molecule has 0 aliphatic carbocycles. The van der Waals surface area contributed by atoms with Gasteiger partial charge in [-0.2, -0.15) is 0 Å². The van der Waals surface area contributed by atoms with Crippen LogP contribution in [0.15, 0.2) is 12.7 Å². The fourth-order valence-electron chi connectivity index (χ4n) is 2.62. The minimum Gasteiger partial charge on any atom is -0.386 e. The van der Waals surface area contributed by atoms with E-state index in [9.17, 15) is 14.6 Å². The molecule has 0 saturated carbocycles. The molecule has 118 valence electrons. The SMILES string of the molecule is Nc1ncnc2c1ncn2[C@H]1O[C@H]2COP(=O)(O)O[C@@H]2[C@@H]1O. The predicted octanol–water partition coefficient (Wildman–Crippen LogP) is -0.817. The third-order valence-electron chi connectivity index (χ3n) is 3.63. The van der Waals surface area contributed by atoms with Crippen LogP contribution in [-0.2, 0) is 18.3 Å². The lowest BCUT2D eigenvalue weighted by atomic mass is 10.1. The Kier molecular flexibility index (Phi) is 2.98. The number of aromatic nitrogens is 4. The standard InChI is InChI=1S/C10H12N5O6P/c11-8-5-9(13-2-12-8)15(3-14-5)10-6(16)7-4(20-10)1-19-22(17,18)21-7/h2-4,6-7,10,16H,1H2,(H,17,18)(H2,11,12,13)/t4-,6-,7-,10-/m0/s1. The van der Waals surface area contributed by atoms with E-state index in [0.29, 0.717) is 11.2 Å². The first kappa shape index (κ1) is 14.0. The lowest BCUT2D eigenvalue weighted by molar-refractivity contribution is -0.0664. The molecular weight excluding hydrogens is 317 g/mol. The summed E-state index contributed by atoms with van der Waals surface area (Å²) < 4.78 is 28.2. The van der Waals surface area contributed by atoms with Crippen LogP contribution in [0, 0.1) is 0 Å². The van der Waals surface area contributed by atoms with Crippen LogP contribution in [-0.4, -0.2) is 54.4 Å². The quantitative estimate of drug-likeness (QED) is 0.565. The molecule has 4 rings (SSSR count). The van der Waals surface area contributed by atoms with E-state index in [0.717, 1.165) is 0 Å². The number of imidazole rings is 1. The molecule has 2 saturated heterocycles. The maximum atomic E-state index is 11.5. The van der Waals surface area contributed by atoms with Crippen molar-refractivity contribution in [2.24, 2.45) is 0 Å². The van der Waals surface area contributed by atoms with E-state index >= 15 is 0 Å². The average molecular weight is 329 g/mol. The van der Waals surface area contributed by atoms with Gasteiger partial charge in [0.25, 0.3) is 0 Å². The van der Waals surface area contributed by atoms with Gasteiger partial charge in [-0.05, 0) is 0 Å². The highest BCUT2D eigenvalue weighted by Gasteiger charge is 2.52. The molecule has 0 radical (unpaired) electrons. The Morgan fingerprint density at radius 2 is 2.23 bits per heavy atom. The van der Waals surface area contributed by atoms with Crippen molar-refractivity contribution in [1.29, 1.82) is 0 Å². The van der Waals surface area contributed by atoms with Gasteiger partial charge >= 0.3 is 7.82 Å². The molecule has 11 nitrogen and oxygen atoms in total. The molecule has 2 aromatic heterocycles. The van der Waals surface area contributed by atoms with E-state index in [4.69, 9.17) is 15.0 Å². The van der Waals surface area contributed by atoms with Crippen molar-refractivity contribution in [2.45, 2.75) is 24.5 Å². The molecular formula is C10H12N5O6P. The van der Waals surface area contributed by atoms with Crippen molar-refractivity contribution in [1.82, 2.24) is 19.5 Å². The maximum Gasteiger partial charge on any atom is 0.472 e. The Bertz CT molecular complexity index is 782. The van der Waals surface area contributed by atoms with Crippen LogP contribution in [0.1, 0.15) is 6.23 Å². The van der Waals surface area contributed by atoms with Crippen LogP contribution in [0.4, 0.5) is 5.82 Å². The van der Waals surface area contributed by atoms with E-state index in [1.807, 2.05) is 0 Å². The number of hydrogen-bond acceptors (Lipinski definition) is 9. The summed E-state index contributed by atoms with van der Waals surface area (Å²) >= 11 is 0. The fourth-order valence-corrected chi connectivity index (χ4v) is 3.59. The number of nitrogen functional groups attached to an aromatic ring is 1. The molecule has 22 heavy (non-hydrogen) atoms. The zero-order valence-electron chi connectivity index (χ0n) is 11.0. The number of nitrogens with zero attached hydrogens (tertiary/aromatic N) is 4. The molecule has 2 aliphatic rings. The lowest BCUT2D eigenvalue weighted by Crippen LogP contribution is -2.39. The summed E-state index contributed by atoms with van der Waals surface area (Å²) in [4.78, 5) is 21.3. The van der Waals surface area contributed by atoms with Gasteiger partial charge in [0.05, 0.1) is 12.9 Å². The largest absolute Gasteiger partial charge is 0.472 e. The molecule has 5 atom stereocenters. The molecule has 2 aromatic rings. The maximum absolute atomic E-state index is 11.5. The highest BCUT2D eigenvalue weighted by molar-refractivity contribution is 7.47. The summed E-state index contributed by atoms with van der Waals surface area (Å²) in [6, 6.07) is 0. The van der Waals surface area contributed by atoms with E-state index in [2.05, 4.69) is 19.5 Å². The Hall–Kier alpha value is -1.62. The second-order valence-electron chi connectivity index (χ2n) is 4.97. The van der Waals surface area contributed by atoms with Crippen molar-refractivity contribution in [3.63, 3.8) is 0 Å². The van der Waals surface area contributed by atoms with Gasteiger partial charge in [0.2, 0.25) is 0 Å². The van der Waals surface area contributed by atoms with Gasteiger partial charge in [0.1, 0.15) is 30.2 Å².